The predicted octanol–water partition coefficient (Wildman–Crippen LogP) is 2.59. The lowest BCUT2D eigenvalue weighted by Crippen LogP contribution is -2.49. The van der Waals surface area contributed by atoms with Gasteiger partial charge >= 0.3 is 0 Å². The van der Waals surface area contributed by atoms with Crippen molar-refractivity contribution in [2.45, 2.75) is 51.7 Å². The van der Waals surface area contributed by atoms with E-state index in [0.29, 0.717) is 23.5 Å². The Bertz CT molecular complexity index is 485. The highest BCUT2D eigenvalue weighted by atomic mass is 16.3. The Hall–Kier alpha value is -1.26. The van der Waals surface area contributed by atoms with E-state index in [0.717, 1.165) is 25.7 Å². The van der Waals surface area contributed by atoms with Gasteiger partial charge in [-0.1, -0.05) is 39.2 Å². The lowest BCUT2D eigenvalue weighted by Gasteiger charge is -2.42. The minimum atomic E-state index is -1.44. The lowest BCUT2D eigenvalue weighted by atomic mass is 9.70. The van der Waals surface area contributed by atoms with E-state index in [1.54, 1.807) is 6.07 Å². The first-order valence-electron chi connectivity index (χ1n) is 7.45. The second kappa shape index (κ2) is 5.62. The number of hydrogen-bond acceptors (Lipinski definition) is 4. The Kier molecular flexibility index (Phi) is 4.25. The van der Waals surface area contributed by atoms with Crippen LogP contribution in [0.2, 0.25) is 0 Å². The molecule has 4 nitrogen and oxygen atoms in total. The monoisotopic (exact) mass is 279 g/mol. The van der Waals surface area contributed by atoms with E-state index in [4.69, 9.17) is 5.73 Å². The molecule has 20 heavy (non-hydrogen) atoms. The molecule has 5 N–H and O–H groups in total. The molecule has 0 aliphatic heterocycles. The zero-order valence-corrected chi connectivity index (χ0v) is 12.3. The summed E-state index contributed by atoms with van der Waals surface area (Å²) in [5, 5.41) is 30.2. The Morgan fingerprint density at radius 1 is 1.40 bits per heavy atom. The van der Waals surface area contributed by atoms with Crippen molar-refractivity contribution in [3.8, 4) is 11.5 Å². The van der Waals surface area contributed by atoms with E-state index in [9.17, 15) is 15.3 Å². The molecule has 1 aromatic carbocycles. The highest BCUT2D eigenvalue weighted by molar-refractivity contribution is 5.52. The van der Waals surface area contributed by atoms with Crippen LogP contribution in [-0.4, -0.2) is 15.3 Å². The van der Waals surface area contributed by atoms with Gasteiger partial charge in [0, 0.05) is 17.0 Å². The van der Waals surface area contributed by atoms with Crippen LogP contribution in [0.4, 0.5) is 0 Å². The minimum Gasteiger partial charge on any atom is -0.504 e. The molecule has 112 valence electrons. The van der Waals surface area contributed by atoms with Crippen LogP contribution in [0, 0.1) is 11.8 Å². The summed E-state index contributed by atoms with van der Waals surface area (Å²) in [5.74, 6) is 0.00241. The molecule has 3 atom stereocenters. The van der Waals surface area contributed by atoms with Crippen molar-refractivity contribution in [3.63, 3.8) is 0 Å². The molecule has 1 aliphatic carbocycles. The van der Waals surface area contributed by atoms with Crippen molar-refractivity contribution < 1.29 is 15.3 Å². The van der Waals surface area contributed by atoms with Crippen molar-refractivity contribution in [1.29, 1.82) is 0 Å². The SMILES string of the molecule is CCCCC(C)C1CCc2c(ccc(O)c2O)C1(N)O. The van der Waals surface area contributed by atoms with E-state index >= 15 is 0 Å². The number of fused-ring (bicyclic) bond motifs is 1. The quantitative estimate of drug-likeness (QED) is 0.504. The summed E-state index contributed by atoms with van der Waals surface area (Å²) in [6.07, 6.45) is 4.66. The predicted molar refractivity (Wildman–Crippen MR) is 78.4 cm³/mol. The molecule has 0 spiro atoms. The Labute approximate surface area is 120 Å². The van der Waals surface area contributed by atoms with Crippen LogP contribution in [0.15, 0.2) is 12.1 Å². The topological polar surface area (TPSA) is 86.7 Å². The molecule has 0 radical (unpaired) electrons. The molecule has 0 amide bonds. The number of phenols is 2. The van der Waals surface area contributed by atoms with Crippen LogP contribution in [0.5, 0.6) is 11.5 Å². The fraction of sp³-hybridized carbons (Fsp3) is 0.625. The van der Waals surface area contributed by atoms with Gasteiger partial charge in [0.25, 0.3) is 0 Å². The minimum absolute atomic E-state index is 0.0227. The number of nitrogens with two attached hydrogens (primary N) is 1. The summed E-state index contributed by atoms with van der Waals surface area (Å²) in [6, 6.07) is 3.02. The molecular weight excluding hydrogens is 254 g/mol. The van der Waals surface area contributed by atoms with E-state index < -0.39 is 5.72 Å². The van der Waals surface area contributed by atoms with Crippen molar-refractivity contribution in [2.24, 2.45) is 17.6 Å². The smallest absolute Gasteiger partial charge is 0.161 e. The lowest BCUT2D eigenvalue weighted by molar-refractivity contribution is -0.0538. The molecule has 0 fully saturated rings. The van der Waals surface area contributed by atoms with Gasteiger partial charge in [0.15, 0.2) is 11.5 Å². The molecule has 4 heteroatoms. The standard InChI is InChI=1S/C16H25NO3/c1-3-4-5-10(2)12-7-6-11-13(16(12,17)20)8-9-14(18)15(11)19/h8-10,12,18-20H,3-7,17H2,1-2H3. The summed E-state index contributed by atoms with van der Waals surface area (Å²) in [7, 11) is 0. The molecule has 0 saturated carbocycles. The zero-order valence-electron chi connectivity index (χ0n) is 12.3. The molecule has 0 aromatic heterocycles. The summed E-state index contributed by atoms with van der Waals surface area (Å²) in [5.41, 5.74) is 5.88. The summed E-state index contributed by atoms with van der Waals surface area (Å²) in [6.45, 7) is 4.28. The third-order valence-electron chi connectivity index (χ3n) is 4.66. The van der Waals surface area contributed by atoms with Crippen LogP contribution < -0.4 is 5.73 Å². The van der Waals surface area contributed by atoms with Crippen molar-refractivity contribution in [1.82, 2.24) is 0 Å². The van der Waals surface area contributed by atoms with Crippen LogP contribution in [0.1, 0.15) is 50.7 Å². The molecule has 3 unspecified atom stereocenters. The van der Waals surface area contributed by atoms with Crippen LogP contribution in [0.25, 0.3) is 0 Å². The van der Waals surface area contributed by atoms with Gasteiger partial charge in [0.2, 0.25) is 0 Å². The largest absolute Gasteiger partial charge is 0.504 e. The van der Waals surface area contributed by atoms with Gasteiger partial charge in [-0.15, -0.1) is 0 Å². The number of aliphatic hydroxyl groups is 1. The first-order valence-corrected chi connectivity index (χ1v) is 7.45. The third-order valence-corrected chi connectivity index (χ3v) is 4.66. The fourth-order valence-corrected chi connectivity index (χ4v) is 3.42. The average molecular weight is 279 g/mol. The maximum Gasteiger partial charge on any atom is 0.161 e. The van der Waals surface area contributed by atoms with Gasteiger partial charge in [-0.05, 0) is 24.8 Å². The first-order chi connectivity index (χ1) is 9.39. The van der Waals surface area contributed by atoms with Gasteiger partial charge in [0.05, 0.1) is 0 Å². The molecular formula is C16H25NO3. The van der Waals surface area contributed by atoms with E-state index in [2.05, 4.69) is 13.8 Å². The number of rotatable bonds is 4. The summed E-state index contributed by atoms with van der Waals surface area (Å²) in [4.78, 5) is 0. The Morgan fingerprint density at radius 3 is 2.75 bits per heavy atom. The van der Waals surface area contributed by atoms with Crippen LogP contribution in [0.3, 0.4) is 0 Å². The second-order valence-corrected chi connectivity index (χ2v) is 6.05. The number of unbranched alkanes of at least 4 members (excludes halogenated alkanes) is 1. The number of aromatic hydroxyl groups is 2. The van der Waals surface area contributed by atoms with E-state index in [1.807, 2.05) is 0 Å². The van der Waals surface area contributed by atoms with Crippen molar-refractivity contribution >= 4 is 0 Å². The van der Waals surface area contributed by atoms with Gasteiger partial charge in [0.1, 0.15) is 5.72 Å². The number of benzene rings is 1. The fourth-order valence-electron chi connectivity index (χ4n) is 3.42. The second-order valence-electron chi connectivity index (χ2n) is 6.05. The maximum atomic E-state index is 10.8. The number of hydrogen-bond donors (Lipinski definition) is 4. The van der Waals surface area contributed by atoms with Crippen molar-refractivity contribution in [2.75, 3.05) is 0 Å². The normalized spacial score (nSPS) is 27.1. The molecule has 1 aliphatic rings. The average Bonchev–Trinajstić information content (AvgIpc) is 2.40. The Balaban J connectivity index is 2.32. The molecule has 0 heterocycles. The van der Waals surface area contributed by atoms with Gasteiger partial charge in [-0.2, -0.15) is 0 Å². The summed E-state index contributed by atoms with van der Waals surface area (Å²) < 4.78 is 0. The van der Waals surface area contributed by atoms with Gasteiger partial charge in [-0.25, -0.2) is 0 Å². The highest BCUT2D eigenvalue weighted by Gasteiger charge is 2.43. The molecule has 1 aromatic rings. The van der Waals surface area contributed by atoms with E-state index in [-0.39, 0.29) is 17.4 Å². The maximum absolute atomic E-state index is 10.8. The number of phenolic OH excluding ortho intramolecular Hbond substituents is 2. The zero-order chi connectivity index (χ0) is 14.9. The van der Waals surface area contributed by atoms with E-state index in [1.165, 1.54) is 6.07 Å². The first kappa shape index (κ1) is 15.1. The van der Waals surface area contributed by atoms with Crippen LogP contribution >= 0.6 is 0 Å². The third kappa shape index (κ3) is 2.50. The van der Waals surface area contributed by atoms with Crippen LogP contribution in [-0.2, 0) is 12.1 Å². The molecule has 0 bridgehead atoms. The Morgan fingerprint density at radius 2 is 2.10 bits per heavy atom. The highest BCUT2D eigenvalue weighted by Crippen LogP contribution is 2.46. The van der Waals surface area contributed by atoms with Gasteiger partial charge in [-0.3, -0.25) is 5.73 Å². The van der Waals surface area contributed by atoms with Gasteiger partial charge < -0.3 is 15.3 Å². The molecule has 2 rings (SSSR count). The molecule has 0 saturated heterocycles. The summed E-state index contributed by atoms with van der Waals surface area (Å²) >= 11 is 0. The van der Waals surface area contributed by atoms with Crippen molar-refractivity contribution in [3.05, 3.63) is 23.3 Å².